The largest absolute Gasteiger partial charge is 0.355 e. The molecule has 0 unspecified atom stereocenters. The van der Waals surface area contributed by atoms with Crippen molar-refractivity contribution < 1.29 is 4.79 Å². The summed E-state index contributed by atoms with van der Waals surface area (Å²) < 4.78 is 1.03. The summed E-state index contributed by atoms with van der Waals surface area (Å²) in [5, 5.41) is 2.58. The number of nitrogens with one attached hydrogen (secondary N) is 1. The van der Waals surface area contributed by atoms with Gasteiger partial charge in [-0.25, -0.2) is 0 Å². The van der Waals surface area contributed by atoms with Gasteiger partial charge in [-0.3, -0.25) is 4.79 Å². The molecule has 0 saturated heterocycles. The molecule has 1 N–H and O–H groups in total. The zero-order chi connectivity index (χ0) is 10.6. The zero-order valence-corrected chi connectivity index (χ0v) is 9.76. The van der Waals surface area contributed by atoms with Crippen molar-refractivity contribution >= 4 is 27.9 Å². The highest BCUT2D eigenvalue weighted by Gasteiger charge is 1.99. The summed E-state index contributed by atoms with van der Waals surface area (Å²) in [6.45, 7) is 1.79. The topological polar surface area (TPSA) is 29.1 Å². The van der Waals surface area contributed by atoms with Crippen molar-refractivity contribution in [2.24, 2.45) is 0 Å². The molecule has 0 saturated carbocycles. The molecule has 0 fully saturated rings. The van der Waals surface area contributed by atoms with E-state index in [-0.39, 0.29) is 5.91 Å². The summed E-state index contributed by atoms with van der Waals surface area (Å²) in [6.07, 6.45) is 1.85. The van der Waals surface area contributed by atoms with Crippen LogP contribution in [0.2, 0.25) is 0 Å². The molecule has 1 rings (SSSR count). The lowest BCUT2D eigenvalue weighted by atomic mass is 10.1. The van der Waals surface area contributed by atoms with Gasteiger partial charge >= 0.3 is 0 Å². The van der Waals surface area contributed by atoms with E-state index in [4.69, 9.17) is 0 Å². The minimum absolute atomic E-state index is 0.0482. The predicted octanol–water partition coefficient (Wildman–Crippen LogP) is 2.60. The quantitative estimate of drug-likeness (QED) is 0.807. The molecule has 0 heterocycles. The van der Waals surface area contributed by atoms with Crippen LogP contribution in [0.15, 0.2) is 34.3 Å². The summed E-state index contributed by atoms with van der Waals surface area (Å²) in [7, 11) is 1.63. The SMILES string of the molecule is CNC(=O)C(C)=Cc1ccc(Br)cc1. The van der Waals surface area contributed by atoms with Gasteiger partial charge < -0.3 is 5.32 Å². The Morgan fingerprint density at radius 1 is 1.36 bits per heavy atom. The third kappa shape index (κ3) is 3.00. The van der Waals surface area contributed by atoms with Gasteiger partial charge in [-0.2, -0.15) is 0 Å². The first-order valence-electron chi connectivity index (χ1n) is 4.29. The standard InChI is InChI=1S/C11H12BrNO/c1-8(11(14)13-2)7-9-3-5-10(12)6-4-9/h3-7H,1-2H3,(H,13,14). The molecule has 1 aromatic carbocycles. The van der Waals surface area contributed by atoms with Gasteiger partial charge in [0.1, 0.15) is 0 Å². The van der Waals surface area contributed by atoms with Crippen LogP contribution in [0.25, 0.3) is 6.08 Å². The molecule has 1 aromatic rings. The highest BCUT2D eigenvalue weighted by Crippen LogP contribution is 2.12. The van der Waals surface area contributed by atoms with Crippen LogP contribution < -0.4 is 5.32 Å². The number of halogens is 1. The third-order valence-corrected chi connectivity index (χ3v) is 2.37. The van der Waals surface area contributed by atoms with Crippen molar-refractivity contribution in [2.75, 3.05) is 7.05 Å². The Labute approximate surface area is 92.1 Å². The van der Waals surface area contributed by atoms with Crippen molar-refractivity contribution in [1.82, 2.24) is 5.32 Å². The van der Waals surface area contributed by atoms with Crippen LogP contribution in [-0.2, 0) is 4.79 Å². The van der Waals surface area contributed by atoms with E-state index in [9.17, 15) is 4.79 Å². The van der Waals surface area contributed by atoms with Crippen LogP contribution in [0.3, 0.4) is 0 Å². The second kappa shape index (κ2) is 4.96. The summed E-state index contributed by atoms with van der Waals surface area (Å²) in [6, 6.07) is 7.80. The van der Waals surface area contributed by atoms with Gasteiger partial charge in [0.2, 0.25) is 5.91 Å². The second-order valence-electron chi connectivity index (χ2n) is 2.96. The highest BCUT2D eigenvalue weighted by atomic mass is 79.9. The normalized spacial score (nSPS) is 11.2. The Kier molecular flexibility index (Phi) is 3.89. The molecule has 0 aliphatic rings. The average molecular weight is 254 g/mol. The van der Waals surface area contributed by atoms with E-state index in [2.05, 4.69) is 21.2 Å². The molecule has 0 atom stereocenters. The number of rotatable bonds is 2. The Balaban J connectivity index is 2.86. The molecule has 3 heteroatoms. The van der Waals surface area contributed by atoms with E-state index >= 15 is 0 Å². The lowest BCUT2D eigenvalue weighted by Gasteiger charge is -1.99. The number of carbonyl (C=O) groups excluding carboxylic acids is 1. The Morgan fingerprint density at radius 3 is 2.43 bits per heavy atom. The monoisotopic (exact) mass is 253 g/mol. The van der Waals surface area contributed by atoms with Crippen LogP contribution in [0.4, 0.5) is 0 Å². The molecule has 0 radical (unpaired) electrons. The lowest BCUT2D eigenvalue weighted by Crippen LogP contribution is -2.18. The fourth-order valence-corrected chi connectivity index (χ4v) is 1.34. The first-order chi connectivity index (χ1) is 6.63. The summed E-state index contributed by atoms with van der Waals surface area (Å²) in [4.78, 5) is 11.2. The van der Waals surface area contributed by atoms with Gasteiger partial charge in [-0.05, 0) is 30.7 Å². The molecular formula is C11H12BrNO. The minimum atomic E-state index is -0.0482. The van der Waals surface area contributed by atoms with Crippen LogP contribution >= 0.6 is 15.9 Å². The van der Waals surface area contributed by atoms with Crippen molar-refractivity contribution in [1.29, 1.82) is 0 Å². The van der Waals surface area contributed by atoms with E-state index < -0.39 is 0 Å². The van der Waals surface area contributed by atoms with Crippen LogP contribution in [0, 0.1) is 0 Å². The zero-order valence-electron chi connectivity index (χ0n) is 8.17. The number of benzene rings is 1. The minimum Gasteiger partial charge on any atom is -0.355 e. The van der Waals surface area contributed by atoms with Crippen molar-refractivity contribution in [3.05, 3.63) is 39.9 Å². The van der Waals surface area contributed by atoms with Gasteiger partial charge in [0.25, 0.3) is 0 Å². The Morgan fingerprint density at radius 2 is 1.93 bits per heavy atom. The Hall–Kier alpha value is -1.09. The summed E-state index contributed by atoms with van der Waals surface area (Å²) in [5.74, 6) is -0.0482. The van der Waals surface area contributed by atoms with Gasteiger partial charge in [0.15, 0.2) is 0 Å². The van der Waals surface area contributed by atoms with E-state index in [1.165, 1.54) is 0 Å². The summed E-state index contributed by atoms with van der Waals surface area (Å²) >= 11 is 3.35. The third-order valence-electron chi connectivity index (χ3n) is 1.84. The molecule has 0 bridgehead atoms. The van der Waals surface area contributed by atoms with E-state index in [0.29, 0.717) is 5.57 Å². The van der Waals surface area contributed by atoms with Gasteiger partial charge in [0.05, 0.1) is 0 Å². The molecule has 0 aromatic heterocycles. The maximum Gasteiger partial charge on any atom is 0.246 e. The number of hydrogen-bond acceptors (Lipinski definition) is 1. The fourth-order valence-electron chi connectivity index (χ4n) is 1.07. The second-order valence-corrected chi connectivity index (χ2v) is 3.87. The van der Waals surface area contributed by atoms with Crippen molar-refractivity contribution in [3.63, 3.8) is 0 Å². The van der Waals surface area contributed by atoms with Crippen LogP contribution in [0.5, 0.6) is 0 Å². The first-order valence-corrected chi connectivity index (χ1v) is 5.08. The fraction of sp³-hybridized carbons (Fsp3) is 0.182. The lowest BCUT2D eigenvalue weighted by molar-refractivity contribution is -0.116. The van der Waals surface area contributed by atoms with E-state index in [0.717, 1.165) is 10.0 Å². The highest BCUT2D eigenvalue weighted by molar-refractivity contribution is 9.10. The van der Waals surface area contributed by atoms with Gasteiger partial charge in [-0.1, -0.05) is 28.1 Å². The van der Waals surface area contributed by atoms with Crippen LogP contribution in [-0.4, -0.2) is 13.0 Å². The molecule has 14 heavy (non-hydrogen) atoms. The molecular weight excluding hydrogens is 242 g/mol. The molecule has 74 valence electrons. The maximum atomic E-state index is 11.2. The van der Waals surface area contributed by atoms with E-state index in [1.54, 1.807) is 14.0 Å². The number of amides is 1. The van der Waals surface area contributed by atoms with E-state index in [1.807, 2.05) is 30.3 Å². The number of hydrogen-bond donors (Lipinski definition) is 1. The molecule has 0 aliphatic carbocycles. The van der Waals surface area contributed by atoms with Gasteiger partial charge in [0, 0.05) is 17.1 Å². The van der Waals surface area contributed by atoms with Crippen molar-refractivity contribution in [2.45, 2.75) is 6.92 Å². The molecule has 1 amide bonds. The number of carbonyl (C=O) groups is 1. The Bertz CT molecular complexity index is 354. The molecule has 2 nitrogen and oxygen atoms in total. The summed E-state index contributed by atoms with van der Waals surface area (Å²) in [5.41, 5.74) is 1.73. The smallest absolute Gasteiger partial charge is 0.246 e. The average Bonchev–Trinajstić information content (AvgIpc) is 2.20. The van der Waals surface area contributed by atoms with Crippen molar-refractivity contribution in [3.8, 4) is 0 Å². The van der Waals surface area contributed by atoms with Gasteiger partial charge in [-0.15, -0.1) is 0 Å². The predicted molar refractivity (Wildman–Crippen MR) is 61.9 cm³/mol. The molecule has 0 spiro atoms. The number of likely N-dealkylation sites (N-methyl/N-ethyl adjacent to an activating group) is 1. The maximum absolute atomic E-state index is 11.2. The van der Waals surface area contributed by atoms with Crippen LogP contribution in [0.1, 0.15) is 12.5 Å². The molecule has 0 aliphatic heterocycles. The first kappa shape index (κ1) is 11.0.